The van der Waals surface area contributed by atoms with Crippen LogP contribution in [0.3, 0.4) is 0 Å². The number of nitrogens with one attached hydrogen (secondary N) is 1. The van der Waals surface area contributed by atoms with Crippen molar-refractivity contribution >= 4 is 34.3 Å². The zero-order valence-electron chi connectivity index (χ0n) is 18.5. The first kappa shape index (κ1) is 21.8. The van der Waals surface area contributed by atoms with Gasteiger partial charge in [-0.15, -0.1) is 0 Å². The molecule has 1 N–H and O–H groups in total. The molecule has 0 saturated carbocycles. The fourth-order valence-corrected chi connectivity index (χ4v) is 4.33. The minimum atomic E-state index is -0.168. The second-order valence-corrected chi connectivity index (χ2v) is 8.74. The van der Waals surface area contributed by atoms with Crippen LogP contribution < -0.4 is 10.9 Å². The maximum Gasteiger partial charge on any atom is 0.262 e. The summed E-state index contributed by atoms with van der Waals surface area (Å²) < 4.78 is 3.38. The van der Waals surface area contributed by atoms with Crippen molar-refractivity contribution in [1.82, 2.24) is 19.3 Å². The van der Waals surface area contributed by atoms with Crippen molar-refractivity contribution < 1.29 is 4.79 Å². The molecule has 2 heterocycles. The minimum absolute atomic E-state index is 0.113. The van der Waals surface area contributed by atoms with Crippen LogP contribution in [0.25, 0.3) is 10.9 Å². The first-order valence-electron chi connectivity index (χ1n) is 10.3. The molecule has 0 saturated heterocycles. The van der Waals surface area contributed by atoms with Gasteiger partial charge in [-0.2, -0.15) is 5.10 Å². The molecule has 7 nitrogen and oxygen atoms in total. The fraction of sp³-hybridized carbons (Fsp3) is 0.250. The number of hydrogen-bond donors (Lipinski definition) is 1. The number of benzene rings is 2. The average Bonchev–Trinajstić information content (AvgIpc) is 3.02. The Balaban J connectivity index is 1.62. The Morgan fingerprint density at radius 2 is 1.78 bits per heavy atom. The Morgan fingerprint density at radius 1 is 1.06 bits per heavy atom. The summed E-state index contributed by atoms with van der Waals surface area (Å²) in [5.74, 6) is -0.0367. The second-order valence-electron chi connectivity index (χ2n) is 7.79. The van der Waals surface area contributed by atoms with E-state index in [2.05, 4.69) is 10.4 Å². The SMILES string of the molecule is Cc1ccc(Cn2c(SCC(=O)Nc3c(C)nn(C)c3C)nc3ccccc3c2=O)cc1. The van der Waals surface area contributed by atoms with Crippen LogP contribution in [0.15, 0.2) is 58.5 Å². The first-order valence-corrected chi connectivity index (χ1v) is 11.3. The van der Waals surface area contributed by atoms with E-state index in [0.29, 0.717) is 22.6 Å². The largest absolute Gasteiger partial charge is 0.322 e. The van der Waals surface area contributed by atoms with Crippen LogP contribution >= 0.6 is 11.8 Å². The Morgan fingerprint density at radius 3 is 2.47 bits per heavy atom. The number of nitrogens with zero attached hydrogens (tertiary/aromatic N) is 4. The molecule has 4 aromatic rings. The van der Waals surface area contributed by atoms with E-state index in [9.17, 15) is 9.59 Å². The third kappa shape index (κ3) is 4.45. The molecule has 2 aromatic heterocycles. The lowest BCUT2D eigenvalue weighted by Crippen LogP contribution is -2.25. The summed E-state index contributed by atoms with van der Waals surface area (Å²) in [5, 5.41) is 8.35. The third-order valence-corrected chi connectivity index (χ3v) is 6.37. The van der Waals surface area contributed by atoms with Crippen LogP contribution in [0.2, 0.25) is 0 Å². The third-order valence-electron chi connectivity index (χ3n) is 5.39. The van der Waals surface area contributed by atoms with Gasteiger partial charge in [-0.3, -0.25) is 18.8 Å². The van der Waals surface area contributed by atoms with Gasteiger partial charge in [-0.25, -0.2) is 4.98 Å². The summed E-state index contributed by atoms with van der Waals surface area (Å²) in [7, 11) is 1.84. The number of para-hydroxylation sites is 1. The normalized spacial score (nSPS) is 11.1. The van der Waals surface area contributed by atoms with E-state index in [0.717, 1.165) is 28.2 Å². The van der Waals surface area contributed by atoms with E-state index in [1.54, 1.807) is 15.3 Å². The summed E-state index contributed by atoms with van der Waals surface area (Å²) in [5.41, 5.74) is 5.05. The van der Waals surface area contributed by atoms with Crippen LogP contribution in [0.4, 0.5) is 5.69 Å². The predicted molar refractivity (Wildman–Crippen MR) is 128 cm³/mol. The molecule has 0 spiro atoms. The zero-order chi connectivity index (χ0) is 22.8. The number of hydrogen-bond acceptors (Lipinski definition) is 5. The van der Waals surface area contributed by atoms with Crippen LogP contribution in [-0.2, 0) is 18.4 Å². The highest BCUT2D eigenvalue weighted by Crippen LogP contribution is 2.22. The van der Waals surface area contributed by atoms with Crippen molar-refractivity contribution in [3.05, 3.63) is 81.4 Å². The van der Waals surface area contributed by atoms with Crippen molar-refractivity contribution in [1.29, 1.82) is 0 Å². The number of carbonyl (C=O) groups is 1. The standard InChI is InChI=1S/C24H25N5O2S/c1-15-9-11-18(12-10-15)13-29-23(31)19-7-5-6-8-20(19)25-24(29)32-14-21(30)26-22-16(2)27-28(4)17(22)3/h5-12H,13-14H2,1-4H3,(H,26,30). The van der Waals surface area contributed by atoms with E-state index in [1.807, 2.05) is 70.3 Å². The van der Waals surface area contributed by atoms with E-state index >= 15 is 0 Å². The first-order chi connectivity index (χ1) is 15.3. The molecule has 0 unspecified atom stereocenters. The Kier molecular flexibility index (Phi) is 6.14. The Hall–Kier alpha value is -3.39. The summed E-state index contributed by atoms with van der Waals surface area (Å²) >= 11 is 1.26. The van der Waals surface area contributed by atoms with Gasteiger partial charge < -0.3 is 5.32 Å². The Bertz CT molecular complexity index is 1360. The summed E-state index contributed by atoms with van der Waals surface area (Å²) in [6, 6.07) is 15.3. The van der Waals surface area contributed by atoms with Gasteiger partial charge in [-0.05, 0) is 38.5 Å². The van der Waals surface area contributed by atoms with Gasteiger partial charge in [-0.1, -0.05) is 53.7 Å². The van der Waals surface area contributed by atoms with Crippen LogP contribution in [0.5, 0.6) is 0 Å². The van der Waals surface area contributed by atoms with Gasteiger partial charge in [0.1, 0.15) is 0 Å². The number of thioether (sulfide) groups is 1. The average molecular weight is 448 g/mol. The molecular formula is C24H25N5O2S. The van der Waals surface area contributed by atoms with Crippen molar-refractivity contribution in [3.8, 4) is 0 Å². The van der Waals surface area contributed by atoms with Crippen molar-refractivity contribution in [2.45, 2.75) is 32.5 Å². The molecule has 32 heavy (non-hydrogen) atoms. The Labute approximate surface area is 190 Å². The molecule has 0 aliphatic heterocycles. The molecule has 0 aliphatic carbocycles. The highest BCUT2D eigenvalue weighted by Gasteiger charge is 2.16. The van der Waals surface area contributed by atoms with Gasteiger partial charge in [0.05, 0.1) is 40.3 Å². The predicted octanol–water partition coefficient (Wildman–Crippen LogP) is 3.83. The molecule has 8 heteroatoms. The molecular weight excluding hydrogens is 422 g/mol. The fourth-order valence-electron chi connectivity index (χ4n) is 3.53. The lowest BCUT2D eigenvalue weighted by Gasteiger charge is -2.13. The minimum Gasteiger partial charge on any atom is -0.322 e. The molecule has 0 radical (unpaired) electrons. The van der Waals surface area contributed by atoms with Crippen LogP contribution in [0, 0.1) is 20.8 Å². The quantitative estimate of drug-likeness (QED) is 0.359. The number of amides is 1. The van der Waals surface area contributed by atoms with Gasteiger partial charge in [0, 0.05) is 7.05 Å². The topological polar surface area (TPSA) is 81.8 Å². The molecule has 0 fully saturated rings. The molecule has 2 aromatic carbocycles. The number of anilines is 1. The number of aromatic nitrogens is 4. The van der Waals surface area contributed by atoms with Crippen molar-refractivity contribution in [2.75, 3.05) is 11.1 Å². The van der Waals surface area contributed by atoms with E-state index in [1.165, 1.54) is 11.8 Å². The number of carbonyl (C=O) groups excluding carboxylic acids is 1. The van der Waals surface area contributed by atoms with E-state index in [-0.39, 0.29) is 17.2 Å². The maximum absolute atomic E-state index is 13.2. The van der Waals surface area contributed by atoms with Gasteiger partial charge in [0.2, 0.25) is 5.91 Å². The monoisotopic (exact) mass is 447 g/mol. The highest BCUT2D eigenvalue weighted by atomic mass is 32.2. The number of fused-ring (bicyclic) bond motifs is 1. The number of rotatable bonds is 6. The van der Waals surface area contributed by atoms with Crippen molar-refractivity contribution in [3.63, 3.8) is 0 Å². The maximum atomic E-state index is 13.2. The smallest absolute Gasteiger partial charge is 0.262 e. The van der Waals surface area contributed by atoms with Gasteiger partial charge >= 0.3 is 0 Å². The van der Waals surface area contributed by atoms with E-state index < -0.39 is 0 Å². The molecule has 4 rings (SSSR count). The van der Waals surface area contributed by atoms with Gasteiger partial charge in [0.15, 0.2) is 5.16 Å². The van der Waals surface area contributed by atoms with Crippen LogP contribution in [-0.4, -0.2) is 31.0 Å². The summed E-state index contributed by atoms with van der Waals surface area (Å²) in [6.07, 6.45) is 0. The van der Waals surface area contributed by atoms with E-state index in [4.69, 9.17) is 4.98 Å². The van der Waals surface area contributed by atoms with Crippen LogP contribution in [0.1, 0.15) is 22.5 Å². The molecule has 164 valence electrons. The summed E-state index contributed by atoms with van der Waals surface area (Å²) in [4.78, 5) is 30.6. The lowest BCUT2D eigenvalue weighted by atomic mass is 10.1. The van der Waals surface area contributed by atoms with Crippen molar-refractivity contribution in [2.24, 2.45) is 7.05 Å². The zero-order valence-corrected chi connectivity index (χ0v) is 19.4. The number of aryl methyl sites for hydroxylation is 3. The lowest BCUT2D eigenvalue weighted by molar-refractivity contribution is -0.113. The molecule has 0 aliphatic rings. The van der Waals surface area contributed by atoms with Gasteiger partial charge in [0.25, 0.3) is 5.56 Å². The summed E-state index contributed by atoms with van der Waals surface area (Å²) in [6.45, 7) is 6.19. The second kappa shape index (κ2) is 9.00. The molecule has 0 atom stereocenters. The molecule has 1 amide bonds. The highest BCUT2D eigenvalue weighted by molar-refractivity contribution is 7.99. The molecule has 0 bridgehead atoms.